The standard InChI is InChI=1S/C12H14N4O3/c1-14-12(18)16-7-6-15(5-4-10(16)13-14)11(17)9-3-2-8-19-9/h2-3,8H,4-7H2,1H3. The summed E-state index contributed by atoms with van der Waals surface area (Å²) in [6.07, 6.45) is 2.05. The lowest BCUT2D eigenvalue weighted by atomic mass is 10.3. The monoisotopic (exact) mass is 262 g/mol. The van der Waals surface area contributed by atoms with Gasteiger partial charge >= 0.3 is 5.69 Å². The Morgan fingerprint density at radius 2 is 2.21 bits per heavy atom. The van der Waals surface area contributed by atoms with Crippen molar-refractivity contribution in [3.05, 3.63) is 40.5 Å². The predicted molar refractivity (Wildman–Crippen MR) is 65.8 cm³/mol. The zero-order chi connectivity index (χ0) is 13.4. The number of carbonyl (C=O) groups excluding carboxylic acids is 1. The minimum absolute atomic E-state index is 0.137. The van der Waals surface area contributed by atoms with Crippen molar-refractivity contribution in [1.29, 1.82) is 0 Å². The summed E-state index contributed by atoms with van der Waals surface area (Å²) in [5, 5.41) is 4.17. The van der Waals surface area contributed by atoms with E-state index in [1.807, 2.05) is 0 Å². The maximum atomic E-state index is 12.2. The summed E-state index contributed by atoms with van der Waals surface area (Å²) in [7, 11) is 1.63. The minimum Gasteiger partial charge on any atom is -0.459 e. The molecular weight excluding hydrogens is 248 g/mol. The van der Waals surface area contributed by atoms with E-state index < -0.39 is 0 Å². The quantitative estimate of drug-likeness (QED) is 0.718. The van der Waals surface area contributed by atoms with Crippen LogP contribution in [0.3, 0.4) is 0 Å². The van der Waals surface area contributed by atoms with Crippen LogP contribution in [-0.2, 0) is 20.0 Å². The van der Waals surface area contributed by atoms with Crippen LogP contribution in [-0.4, -0.2) is 38.2 Å². The molecule has 3 heterocycles. The fraction of sp³-hybridized carbons (Fsp3) is 0.417. The Morgan fingerprint density at radius 3 is 2.95 bits per heavy atom. The Labute approximate surface area is 109 Å². The molecule has 100 valence electrons. The number of fused-ring (bicyclic) bond motifs is 1. The number of amides is 1. The first kappa shape index (κ1) is 11.8. The van der Waals surface area contributed by atoms with Gasteiger partial charge in [-0.2, -0.15) is 5.10 Å². The first-order chi connectivity index (χ1) is 9.16. The predicted octanol–water partition coefficient (Wildman–Crippen LogP) is -0.127. The average Bonchev–Trinajstić information content (AvgIpc) is 2.96. The molecule has 1 amide bonds. The van der Waals surface area contributed by atoms with Crippen molar-refractivity contribution in [1.82, 2.24) is 19.2 Å². The third-order valence-electron chi connectivity index (χ3n) is 3.30. The number of nitrogens with zero attached hydrogens (tertiary/aromatic N) is 4. The van der Waals surface area contributed by atoms with Gasteiger partial charge in [0.05, 0.1) is 6.26 Å². The smallest absolute Gasteiger partial charge is 0.345 e. The Hall–Kier alpha value is -2.31. The van der Waals surface area contributed by atoms with Crippen molar-refractivity contribution in [2.75, 3.05) is 13.1 Å². The van der Waals surface area contributed by atoms with Crippen LogP contribution in [0.25, 0.3) is 0 Å². The second kappa shape index (κ2) is 4.42. The number of hydrogen-bond donors (Lipinski definition) is 0. The third kappa shape index (κ3) is 1.96. The van der Waals surface area contributed by atoms with Crippen LogP contribution < -0.4 is 5.69 Å². The van der Waals surface area contributed by atoms with Gasteiger partial charge in [-0.15, -0.1) is 0 Å². The largest absolute Gasteiger partial charge is 0.459 e. The molecule has 1 aliphatic rings. The van der Waals surface area contributed by atoms with Gasteiger partial charge in [-0.05, 0) is 12.1 Å². The van der Waals surface area contributed by atoms with E-state index in [9.17, 15) is 9.59 Å². The summed E-state index contributed by atoms with van der Waals surface area (Å²) in [5.41, 5.74) is -0.137. The van der Waals surface area contributed by atoms with Gasteiger partial charge in [-0.3, -0.25) is 9.36 Å². The SMILES string of the molecule is Cn1nc2n(c1=O)CCN(C(=O)c1ccco1)CC2. The summed E-state index contributed by atoms with van der Waals surface area (Å²) in [6.45, 7) is 1.49. The summed E-state index contributed by atoms with van der Waals surface area (Å²) in [4.78, 5) is 25.7. The Kier molecular flexibility index (Phi) is 2.73. The van der Waals surface area contributed by atoms with Gasteiger partial charge in [0, 0.05) is 33.1 Å². The fourth-order valence-electron chi connectivity index (χ4n) is 2.29. The van der Waals surface area contributed by atoms with E-state index in [-0.39, 0.29) is 11.6 Å². The molecule has 0 bridgehead atoms. The molecular formula is C12H14N4O3. The molecule has 2 aromatic rings. The molecule has 0 N–H and O–H groups in total. The molecule has 0 aliphatic carbocycles. The lowest BCUT2D eigenvalue weighted by Gasteiger charge is -2.18. The highest BCUT2D eigenvalue weighted by Crippen LogP contribution is 2.10. The molecule has 0 radical (unpaired) electrons. The first-order valence-electron chi connectivity index (χ1n) is 6.12. The Bertz CT molecular complexity index is 653. The lowest BCUT2D eigenvalue weighted by Crippen LogP contribution is -2.34. The average molecular weight is 262 g/mol. The molecule has 0 aromatic carbocycles. The van der Waals surface area contributed by atoms with E-state index in [1.54, 1.807) is 28.6 Å². The zero-order valence-corrected chi connectivity index (χ0v) is 10.6. The van der Waals surface area contributed by atoms with Gasteiger partial charge in [0.15, 0.2) is 5.76 Å². The van der Waals surface area contributed by atoms with E-state index in [4.69, 9.17) is 4.42 Å². The fourth-order valence-corrected chi connectivity index (χ4v) is 2.29. The van der Waals surface area contributed by atoms with Gasteiger partial charge in [-0.25, -0.2) is 9.48 Å². The molecule has 0 saturated heterocycles. The number of furan rings is 1. The third-order valence-corrected chi connectivity index (χ3v) is 3.30. The van der Waals surface area contributed by atoms with Crippen molar-refractivity contribution >= 4 is 5.91 Å². The molecule has 7 nitrogen and oxygen atoms in total. The molecule has 1 aliphatic heterocycles. The molecule has 0 saturated carbocycles. The van der Waals surface area contributed by atoms with Crippen LogP contribution in [0.2, 0.25) is 0 Å². The van der Waals surface area contributed by atoms with Crippen LogP contribution in [0.5, 0.6) is 0 Å². The molecule has 0 fully saturated rings. The van der Waals surface area contributed by atoms with Crippen LogP contribution in [0.15, 0.2) is 27.6 Å². The van der Waals surface area contributed by atoms with Crippen molar-refractivity contribution in [3.8, 4) is 0 Å². The van der Waals surface area contributed by atoms with Crippen LogP contribution in [0.1, 0.15) is 16.4 Å². The van der Waals surface area contributed by atoms with Crippen LogP contribution in [0.4, 0.5) is 0 Å². The van der Waals surface area contributed by atoms with Gasteiger partial charge in [0.1, 0.15) is 5.82 Å². The number of rotatable bonds is 1. The van der Waals surface area contributed by atoms with Gasteiger partial charge in [-0.1, -0.05) is 0 Å². The number of aryl methyl sites for hydroxylation is 1. The van der Waals surface area contributed by atoms with Gasteiger partial charge in [0.2, 0.25) is 0 Å². The van der Waals surface area contributed by atoms with E-state index >= 15 is 0 Å². The van der Waals surface area contributed by atoms with Gasteiger partial charge in [0.25, 0.3) is 5.91 Å². The molecule has 0 spiro atoms. The number of carbonyl (C=O) groups is 1. The van der Waals surface area contributed by atoms with Crippen molar-refractivity contribution < 1.29 is 9.21 Å². The first-order valence-corrected chi connectivity index (χ1v) is 6.12. The topological polar surface area (TPSA) is 73.3 Å². The van der Waals surface area contributed by atoms with Crippen LogP contribution in [0, 0.1) is 0 Å². The highest BCUT2D eigenvalue weighted by atomic mass is 16.3. The van der Waals surface area contributed by atoms with E-state index in [0.29, 0.717) is 31.8 Å². The van der Waals surface area contributed by atoms with Crippen molar-refractivity contribution in [3.63, 3.8) is 0 Å². The number of hydrogen-bond acceptors (Lipinski definition) is 4. The van der Waals surface area contributed by atoms with Gasteiger partial charge < -0.3 is 9.32 Å². The van der Waals surface area contributed by atoms with Crippen molar-refractivity contribution in [2.24, 2.45) is 7.05 Å². The molecule has 2 aromatic heterocycles. The molecule has 0 atom stereocenters. The molecule has 7 heteroatoms. The number of aromatic nitrogens is 3. The van der Waals surface area contributed by atoms with E-state index in [1.165, 1.54) is 10.9 Å². The normalized spacial score (nSPS) is 15.1. The maximum absolute atomic E-state index is 12.2. The zero-order valence-electron chi connectivity index (χ0n) is 10.6. The second-order valence-electron chi connectivity index (χ2n) is 4.49. The molecule has 0 unspecified atom stereocenters. The molecule has 3 rings (SSSR count). The van der Waals surface area contributed by atoms with Crippen molar-refractivity contribution in [2.45, 2.75) is 13.0 Å². The lowest BCUT2D eigenvalue weighted by molar-refractivity contribution is 0.0726. The van der Waals surface area contributed by atoms with Crippen LogP contribution >= 0.6 is 0 Å². The Balaban J connectivity index is 1.81. The summed E-state index contributed by atoms with van der Waals surface area (Å²) in [5.74, 6) is 0.905. The molecule has 19 heavy (non-hydrogen) atoms. The van der Waals surface area contributed by atoms with E-state index in [0.717, 1.165) is 5.82 Å². The summed E-state index contributed by atoms with van der Waals surface area (Å²) >= 11 is 0. The van der Waals surface area contributed by atoms with E-state index in [2.05, 4.69) is 5.10 Å². The minimum atomic E-state index is -0.146. The Morgan fingerprint density at radius 1 is 1.37 bits per heavy atom. The summed E-state index contributed by atoms with van der Waals surface area (Å²) < 4.78 is 8.06. The summed E-state index contributed by atoms with van der Waals surface area (Å²) in [6, 6.07) is 3.33. The highest BCUT2D eigenvalue weighted by Gasteiger charge is 2.23. The maximum Gasteiger partial charge on any atom is 0.345 e. The highest BCUT2D eigenvalue weighted by molar-refractivity contribution is 5.91. The second-order valence-corrected chi connectivity index (χ2v) is 4.49.